The minimum atomic E-state index is -0.158. The minimum absolute atomic E-state index is 0.158. The van der Waals surface area contributed by atoms with E-state index in [-0.39, 0.29) is 5.97 Å². The quantitative estimate of drug-likeness (QED) is 0.806. The highest BCUT2D eigenvalue weighted by Gasteiger charge is 2.07. The fraction of sp³-hybridized carbons (Fsp3) is 0.250. The van der Waals surface area contributed by atoms with Crippen LogP contribution in [-0.4, -0.2) is 13.1 Å². The van der Waals surface area contributed by atoms with Gasteiger partial charge in [0.05, 0.1) is 7.11 Å². The maximum absolute atomic E-state index is 11.1. The van der Waals surface area contributed by atoms with Crippen molar-refractivity contribution in [2.24, 2.45) is 0 Å². The number of fused-ring (bicyclic) bond motifs is 1. The summed E-state index contributed by atoms with van der Waals surface area (Å²) in [6, 6.07) is 6.22. The SMILES string of the molecule is COC(=O)CCc1csc2ccc(Br)cc12. The molecule has 0 aliphatic heterocycles. The summed E-state index contributed by atoms with van der Waals surface area (Å²) in [6.45, 7) is 0. The predicted molar refractivity (Wildman–Crippen MR) is 69.9 cm³/mol. The van der Waals surface area contributed by atoms with Crippen molar-refractivity contribution in [3.63, 3.8) is 0 Å². The van der Waals surface area contributed by atoms with Gasteiger partial charge in [-0.3, -0.25) is 4.79 Å². The number of aryl methyl sites for hydroxylation is 1. The minimum Gasteiger partial charge on any atom is -0.469 e. The van der Waals surface area contributed by atoms with Crippen molar-refractivity contribution in [1.82, 2.24) is 0 Å². The van der Waals surface area contributed by atoms with Crippen molar-refractivity contribution in [3.05, 3.63) is 33.6 Å². The molecule has 0 radical (unpaired) electrons. The topological polar surface area (TPSA) is 26.3 Å². The zero-order valence-corrected chi connectivity index (χ0v) is 11.2. The van der Waals surface area contributed by atoms with E-state index >= 15 is 0 Å². The third-order valence-corrected chi connectivity index (χ3v) is 3.95. The maximum Gasteiger partial charge on any atom is 0.305 e. The third kappa shape index (κ3) is 2.44. The van der Waals surface area contributed by atoms with Gasteiger partial charge in [-0.1, -0.05) is 15.9 Å². The van der Waals surface area contributed by atoms with Crippen molar-refractivity contribution < 1.29 is 9.53 Å². The molecular formula is C12H11BrO2S. The van der Waals surface area contributed by atoms with Crippen molar-refractivity contribution in [2.45, 2.75) is 12.8 Å². The Balaban J connectivity index is 2.24. The number of benzene rings is 1. The first-order valence-electron chi connectivity index (χ1n) is 4.93. The lowest BCUT2D eigenvalue weighted by Crippen LogP contribution is -2.01. The summed E-state index contributed by atoms with van der Waals surface area (Å²) < 4.78 is 6.96. The van der Waals surface area contributed by atoms with E-state index < -0.39 is 0 Å². The number of thiophene rings is 1. The zero-order chi connectivity index (χ0) is 11.5. The molecule has 0 aliphatic carbocycles. The van der Waals surface area contributed by atoms with E-state index in [1.54, 1.807) is 11.3 Å². The van der Waals surface area contributed by atoms with E-state index in [0.717, 1.165) is 10.9 Å². The van der Waals surface area contributed by atoms with Crippen LogP contribution in [0.25, 0.3) is 10.1 Å². The molecule has 0 saturated carbocycles. The predicted octanol–water partition coefficient (Wildman–Crippen LogP) is 3.77. The Labute approximate surface area is 106 Å². The fourth-order valence-electron chi connectivity index (χ4n) is 1.59. The lowest BCUT2D eigenvalue weighted by atomic mass is 10.1. The molecule has 0 N–H and O–H groups in total. The Morgan fingerprint density at radius 1 is 1.50 bits per heavy atom. The highest BCUT2D eigenvalue weighted by molar-refractivity contribution is 9.10. The Morgan fingerprint density at radius 2 is 2.31 bits per heavy atom. The molecule has 2 rings (SSSR count). The van der Waals surface area contributed by atoms with Crippen molar-refractivity contribution in [2.75, 3.05) is 7.11 Å². The van der Waals surface area contributed by atoms with E-state index in [1.165, 1.54) is 22.8 Å². The summed E-state index contributed by atoms with van der Waals surface area (Å²) in [5, 5.41) is 3.34. The van der Waals surface area contributed by atoms with Gasteiger partial charge in [0.1, 0.15) is 0 Å². The molecule has 0 bridgehead atoms. The molecule has 0 spiro atoms. The van der Waals surface area contributed by atoms with Crippen molar-refractivity contribution >= 4 is 43.3 Å². The Hall–Kier alpha value is -0.870. The Morgan fingerprint density at radius 3 is 3.06 bits per heavy atom. The summed E-state index contributed by atoms with van der Waals surface area (Å²) in [5.74, 6) is -0.158. The first-order chi connectivity index (χ1) is 7.70. The molecule has 0 saturated heterocycles. The summed E-state index contributed by atoms with van der Waals surface area (Å²) in [5.41, 5.74) is 1.21. The van der Waals surface area contributed by atoms with Crippen LogP contribution < -0.4 is 0 Å². The van der Waals surface area contributed by atoms with Gasteiger partial charge in [0.15, 0.2) is 0 Å². The van der Waals surface area contributed by atoms with Gasteiger partial charge in [0, 0.05) is 15.6 Å². The van der Waals surface area contributed by atoms with Gasteiger partial charge in [-0.05, 0) is 40.9 Å². The van der Waals surface area contributed by atoms with Crippen LogP contribution in [0.5, 0.6) is 0 Å². The molecule has 0 amide bonds. The molecule has 1 aromatic heterocycles. The van der Waals surface area contributed by atoms with Crippen molar-refractivity contribution in [1.29, 1.82) is 0 Å². The van der Waals surface area contributed by atoms with Gasteiger partial charge < -0.3 is 4.74 Å². The number of halogens is 1. The number of methoxy groups -OCH3 is 1. The smallest absolute Gasteiger partial charge is 0.305 e. The molecular weight excluding hydrogens is 288 g/mol. The highest BCUT2D eigenvalue weighted by atomic mass is 79.9. The van der Waals surface area contributed by atoms with Gasteiger partial charge in [-0.25, -0.2) is 0 Å². The molecule has 16 heavy (non-hydrogen) atoms. The summed E-state index contributed by atoms with van der Waals surface area (Å²) >= 11 is 5.17. The first-order valence-corrected chi connectivity index (χ1v) is 6.60. The Bertz CT molecular complexity index is 519. The number of ether oxygens (including phenoxy) is 1. The van der Waals surface area contributed by atoms with Crippen molar-refractivity contribution in [3.8, 4) is 0 Å². The van der Waals surface area contributed by atoms with E-state index in [2.05, 4.69) is 38.2 Å². The molecule has 0 atom stereocenters. The van der Waals surface area contributed by atoms with Crippen LogP contribution in [-0.2, 0) is 16.0 Å². The van der Waals surface area contributed by atoms with Gasteiger partial charge in [0.2, 0.25) is 0 Å². The first kappa shape index (κ1) is 11.6. The van der Waals surface area contributed by atoms with E-state index in [4.69, 9.17) is 0 Å². The third-order valence-electron chi connectivity index (χ3n) is 2.44. The standard InChI is InChI=1S/C12H11BrO2S/c1-15-12(14)5-2-8-7-16-11-4-3-9(13)6-10(8)11/h3-4,6-7H,2,5H2,1H3. The molecule has 84 valence electrons. The van der Waals surface area contributed by atoms with Crippen LogP contribution in [0.15, 0.2) is 28.1 Å². The molecule has 0 fully saturated rings. The number of hydrogen-bond acceptors (Lipinski definition) is 3. The fourth-order valence-corrected chi connectivity index (χ4v) is 2.93. The molecule has 0 unspecified atom stereocenters. The number of carbonyl (C=O) groups excluding carboxylic acids is 1. The number of esters is 1. The van der Waals surface area contributed by atoms with Gasteiger partial charge in [0.25, 0.3) is 0 Å². The number of hydrogen-bond donors (Lipinski definition) is 0. The van der Waals surface area contributed by atoms with Crippen LogP contribution >= 0.6 is 27.3 Å². The highest BCUT2D eigenvalue weighted by Crippen LogP contribution is 2.29. The van der Waals surface area contributed by atoms with Gasteiger partial charge in [-0.15, -0.1) is 11.3 Å². The van der Waals surface area contributed by atoms with Crippen LogP contribution in [0.1, 0.15) is 12.0 Å². The molecule has 1 heterocycles. The number of rotatable bonds is 3. The second kappa shape index (κ2) is 4.97. The average molecular weight is 299 g/mol. The van der Waals surface area contributed by atoms with Crippen LogP contribution in [0.2, 0.25) is 0 Å². The van der Waals surface area contributed by atoms with Crippen LogP contribution in [0.4, 0.5) is 0 Å². The monoisotopic (exact) mass is 298 g/mol. The Kier molecular flexibility index (Phi) is 3.61. The number of carbonyl (C=O) groups is 1. The lowest BCUT2D eigenvalue weighted by Gasteiger charge is -1.99. The van der Waals surface area contributed by atoms with E-state index in [9.17, 15) is 4.79 Å². The molecule has 2 nitrogen and oxygen atoms in total. The molecule has 0 aliphatic rings. The molecule has 1 aromatic carbocycles. The molecule has 2 aromatic rings. The summed E-state index contributed by atoms with van der Waals surface area (Å²) in [4.78, 5) is 11.1. The van der Waals surface area contributed by atoms with Crippen LogP contribution in [0.3, 0.4) is 0 Å². The van der Waals surface area contributed by atoms with Gasteiger partial charge in [-0.2, -0.15) is 0 Å². The second-order valence-electron chi connectivity index (χ2n) is 3.48. The average Bonchev–Trinajstić information content (AvgIpc) is 2.68. The van der Waals surface area contributed by atoms with E-state index in [0.29, 0.717) is 6.42 Å². The van der Waals surface area contributed by atoms with Crippen LogP contribution in [0, 0.1) is 0 Å². The normalized spacial score (nSPS) is 10.6. The lowest BCUT2D eigenvalue weighted by molar-refractivity contribution is -0.140. The second-order valence-corrected chi connectivity index (χ2v) is 5.30. The largest absolute Gasteiger partial charge is 0.469 e. The molecule has 4 heteroatoms. The van der Waals surface area contributed by atoms with E-state index in [1.807, 2.05) is 6.07 Å². The zero-order valence-electron chi connectivity index (χ0n) is 8.83. The summed E-state index contributed by atoms with van der Waals surface area (Å²) in [6.07, 6.45) is 1.18. The van der Waals surface area contributed by atoms with Gasteiger partial charge >= 0.3 is 5.97 Å². The maximum atomic E-state index is 11.1. The summed E-state index contributed by atoms with van der Waals surface area (Å²) in [7, 11) is 1.42.